The van der Waals surface area contributed by atoms with Crippen molar-refractivity contribution in [3.05, 3.63) is 33.7 Å². The maximum absolute atomic E-state index is 5.52. The van der Waals surface area contributed by atoms with Crippen molar-refractivity contribution in [1.82, 2.24) is 10.2 Å². The van der Waals surface area contributed by atoms with Crippen LogP contribution in [0.15, 0.2) is 37.4 Å². The van der Waals surface area contributed by atoms with Gasteiger partial charge in [0.1, 0.15) is 5.51 Å². The zero-order valence-electron chi connectivity index (χ0n) is 8.39. The summed E-state index contributed by atoms with van der Waals surface area (Å²) >= 11 is 6.71. The maximum atomic E-state index is 5.52. The van der Waals surface area contributed by atoms with Crippen molar-refractivity contribution in [1.29, 1.82) is 0 Å². The topological polar surface area (TPSA) is 51.8 Å². The fraction of sp³-hybridized carbons (Fsp3) is 0.200. The van der Waals surface area contributed by atoms with Gasteiger partial charge in [-0.1, -0.05) is 29.2 Å². The Morgan fingerprint density at radius 2 is 2.31 bits per heavy atom. The minimum absolute atomic E-state index is 0.676. The van der Waals surface area contributed by atoms with Gasteiger partial charge < -0.3 is 5.73 Å². The van der Waals surface area contributed by atoms with Crippen LogP contribution in [0.3, 0.4) is 0 Å². The molecular weight excluding hydrogens is 306 g/mol. The smallest absolute Gasteiger partial charge is 0.178 e. The standard InChI is InChI=1S/C10H10BrN3S2/c11-8-5-7(3-4-12)1-2-9(8)16-10-14-13-6-15-10/h1-2,5-6H,3-4,12H2. The lowest BCUT2D eigenvalue weighted by molar-refractivity contribution is 0.964. The van der Waals surface area contributed by atoms with Gasteiger partial charge in [0.05, 0.1) is 0 Å². The molecule has 2 rings (SSSR count). The zero-order chi connectivity index (χ0) is 11.4. The van der Waals surface area contributed by atoms with E-state index in [2.05, 4.69) is 44.3 Å². The molecule has 0 unspecified atom stereocenters. The van der Waals surface area contributed by atoms with E-state index in [4.69, 9.17) is 5.73 Å². The Balaban J connectivity index is 2.16. The second kappa shape index (κ2) is 5.77. The molecule has 0 aliphatic carbocycles. The molecular formula is C10H10BrN3S2. The normalized spacial score (nSPS) is 10.6. The first kappa shape index (κ1) is 12.0. The summed E-state index contributed by atoms with van der Waals surface area (Å²) < 4.78 is 2.03. The Morgan fingerprint density at radius 1 is 1.44 bits per heavy atom. The molecule has 0 aliphatic rings. The first-order valence-electron chi connectivity index (χ1n) is 4.72. The molecule has 6 heteroatoms. The quantitative estimate of drug-likeness (QED) is 0.942. The van der Waals surface area contributed by atoms with Crippen LogP contribution < -0.4 is 5.73 Å². The van der Waals surface area contributed by atoms with E-state index in [-0.39, 0.29) is 0 Å². The number of aromatic nitrogens is 2. The molecule has 2 aromatic rings. The molecule has 0 spiro atoms. The molecule has 0 aliphatic heterocycles. The van der Waals surface area contributed by atoms with E-state index in [1.165, 1.54) is 5.56 Å². The lowest BCUT2D eigenvalue weighted by atomic mass is 10.2. The second-order valence-electron chi connectivity index (χ2n) is 3.11. The van der Waals surface area contributed by atoms with E-state index in [0.29, 0.717) is 6.54 Å². The Morgan fingerprint density at radius 3 is 2.94 bits per heavy atom. The lowest BCUT2D eigenvalue weighted by Crippen LogP contribution is -2.02. The Bertz CT molecular complexity index is 459. The Labute approximate surface area is 111 Å². The first-order chi connectivity index (χ1) is 7.79. The highest BCUT2D eigenvalue weighted by molar-refractivity contribution is 9.10. The van der Waals surface area contributed by atoms with Gasteiger partial charge in [0.15, 0.2) is 4.34 Å². The molecule has 0 fully saturated rings. The average molecular weight is 316 g/mol. The fourth-order valence-electron chi connectivity index (χ4n) is 1.25. The van der Waals surface area contributed by atoms with Crippen molar-refractivity contribution in [2.75, 3.05) is 6.54 Å². The molecule has 0 amide bonds. The van der Waals surface area contributed by atoms with Gasteiger partial charge in [0.2, 0.25) is 0 Å². The molecule has 0 saturated heterocycles. The molecule has 84 valence electrons. The van der Waals surface area contributed by atoms with Crippen molar-refractivity contribution in [2.45, 2.75) is 15.7 Å². The molecule has 1 aromatic heterocycles. The van der Waals surface area contributed by atoms with Crippen LogP contribution in [0.1, 0.15) is 5.56 Å². The highest BCUT2D eigenvalue weighted by Crippen LogP contribution is 2.34. The van der Waals surface area contributed by atoms with Crippen molar-refractivity contribution >= 4 is 39.0 Å². The van der Waals surface area contributed by atoms with Crippen LogP contribution in [0.25, 0.3) is 0 Å². The van der Waals surface area contributed by atoms with Gasteiger partial charge in [-0.05, 0) is 46.6 Å². The fourth-order valence-corrected chi connectivity index (χ4v) is 3.36. The summed E-state index contributed by atoms with van der Waals surface area (Å²) in [5, 5.41) is 7.81. The van der Waals surface area contributed by atoms with Gasteiger partial charge in [-0.2, -0.15) is 0 Å². The zero-order valence-corrected chi connectivity index (χ0v) is 11.6. The van der Waals surface area contributed by atoms with Crippen LogP contribution in [0, 0.1) is 0 Å². The number of hydrogen-bond donors (Lipinski definition) is 1. The minimum atomic E-state index is 0.676. The second-order valence-corrected chi connectivity index (χ2v) is 6.09. The van der Waals surface area contributed by atoms with E-state index in [1.807, 2.05) is 0 Å². The molecule has 3 nitrogen and oxygen atoms in total. The summed E-state index contributed by atoms with van der Waals surface area (Å²) in [6.07, 6.45) is 0.905. The SMILES string of the molecule is NCCc1ccc(Sc2nncs2)c(Br)c1. The Kier molecular flexibility index (Phi) is 4.34. The van der Waals surface area contributed by atoms with Crippen LogP contribution in [0.5, 0.6) is 0 Å². The average Bonchev–Trinajstić information content (AvgIpc) is 2.75. The summed E-state index contributed by atoms with van der Waals surface area (Å²) in [5.74, 6) is 0. The summed E-state index contributed by atoms with van der Waals surface area (Å²) in [7, 11) is 0. The molecule has 0 saturated carbocycles. The number of nitrogens with zero attached hydrogens (tertiary/aromatic N) is 2. The maximum Gasteiger partial charge on any atom is 0.178 e. The van der Waals surface area contributed by atoms with Gasteiger partial charge in [-0.25, -0.2) is 0 Å². The van der Waals surface area contributed by atoms with Crippen LogP contribution in [0.4, 0.5) is 0 Å². The third kappa shape index (κ3) is 3.04. The van der Waals surface area contributed by atoms with E-state index in [0.717, 1.165) is 20.1 Å². The van der Waals surface area contributed by atoms with Crippen molar-refractivity contribution in [3.8, 4) is 0 Å². The molecule has 0 radical (unpaired) electrons. The molecule has 16 heavy (non-hydrogen) atoms. The van der Waals surface area contributed by atoms with Gasteiger partial charge in [0, 0.05) is 9.37 Å². The third-order valence-corrected chi connectivity index (χ3v) is 4.74. The molecule has 0 bridgehead atoms. The number of rotatable bonds is 4. The van der Waals surface area contributed by atoms with E-state index >= 15 is 0 Å². The number of hydrogen-bond acceptors (Lipinski definition) is 5. The van der Waals surface area contributed by atoms with Gasteiger partial charge >= 0.3 is 0 Å². The monoisotopic (exact) mass is 315 g/mol. The predicted octanol–water partition coefficient (Wildman–Crippen LogP) is 2.95. The summed E-state index contributed by atoms with van der Waals surface area (Å²) in [6.45, 7) is 0.676. The van der Waals surface area contributed by atoms with E-state index in [9.17, 15) is 0 Å². The molecule has 1 aromatic carbocycles. The van der Waals surface area contributed by atoms with Gasteiger partial charge in [-0.15, -0.1) is 10.2 Å². The van der Waals surface area contributed by atoms with Crippen LogP contribution in [-0.4, -0.2) is 16.7 Å². The summed E-state index contributed by atoms with van der Waals surface area (Å²) in [5.41, 5.74) is 8.50. The van der Waals surface area contributed by atoms with Crippen molar-refractivity contribution in [2.24, 2.45) is 5.73 Å². The third-order valence-electron chi connectivity index (χ3n) is 1.97. The lowest BCUT2D eigenvalue weighted by Gasteiger charge is -2.04. The van der Waals surface area contributed by atoms with Crippen LogP contribution in [0.2, 0.25) is 0 Å². The van der Waals surface area contributed by atoms with E-state index < -0.39 is 0 Å². The molecule has 0 atom stereocenters. The Hall–Kier alpha value is -0.430. The highest BCUT2D eigenvalue weighted by Gasteiger charge is 2.05. The summed E-state index contributed by atoms with van der Waals surface area (Å²) in [4.78, 5) is 1.15. The van der Waals surface area contributed by atoms with Crippen LogP contribution >= 0.6 is 39.0 Å². The molecule has 1 heterocycles. The highest BCUT2D eigenvalue weighted by atomic mass is 79.9. The van der Waals surface area contributed by atoms with Gasteiger partial charge in [-0.3, -0.25) is 0 Å². The van der Waals surface area contributed by atoms with Crippen molar-refractivity contribution < 1.29 is 0 Å². The van der Waals surface area contributed by atoms with Gasteiger partial charge in [0.25, 0.3) is 0 Å². The predicted molar refractivity (Wildman–Crippen MR) is 70.9 cm³/mol. The molecule has 2 N–H and O–H groups in total. The number of benzene rings is 1. The summed E-state index contributed by atoms with van der Waals surface area (Å²) in [6, 6.07) is 6.29. The number of nitrogens with two attached hydrogens (primary N) is 1. The number of halogens is 1. The minimum Gasteiger partial charge on any atom is -0.330 e. The first-order valence-corrected chi connectivity index (χ1v) is 7.21. The largest absolute Gasteiger partial charge is 0.330 e. The van der Waals surface area contributed by atoms with E-state index in [1.54, 1.807) is 28.6 Å². The van der Waals surface area contributed by atoms with Crippen LogP contribution in [-0.2, 0) is 6.42 Å². The van der Waals surface area contributed by atoms with Crippen molar-refractivity contribution in [3.63, 3.8) is 0 Å².